The Morgan fingerprint density at radius 2 is 1.69 bits per heavy atom. The summed E-state index contributed by atoms with van der Waals surface area (Å²) >= 11 is 0. The van der Waals surface area contributed by atoms with Crippen LogP contribution < -0.4 is 4.90 Å². The van der Waals surface area contributed by atoms with Gasteiger partial charge in [-0.2, -0.15) is 0 Å². The second-order valence-electron chi connectivity index (χ2n) is 7.68. The van der Waals surface area contributed by atoms with Gasteiger partial charge in [-0.15, -0.1) is 0 Å². The van der Waals surface area contributed by atoms with E-state index >= 15 is 0 Å². The van der Waals surface area contributed by atoms with Gasteiger partial charge in [-0.3, -0.25) is 9.69 Å². The highest BCUT2D eigenvalue weighted by atomic mass is 32.2. The number of amides is 1. The highest BCUT2D eigenvalue weighted by Gasteiger charge is 2.33. The fourth-order valence-corrected chi connectivity index (χ4v) is 5.53. The molecule has 2 aromatic carbocycles. The number of hydrogen-bond donors (Lipinski definition) is 0. The predicted octanol–water partition coefficient (Wildman–Crippen LogP) is 3.51. The van der Waals surface area contributed by atoms with Crippen molar-refractivity contribution in [2.75, 3.05) is 29.5 Å². The highest BCUT2D eigenvalue weighted by molar-refractivity contribution is 7.91. The van der Waals surface area contributed by atoms with E-state index in [1.807, 2.05) is 60.7 Å². The van der Waals surface area contributed by atoms with Gasteiger partial charge in [-0.25, -0.2) is 8.42 Å². The van der Waals surface area contributed by atoms with Crippen molar-refractivity contribution in [2.24, 2.45) is 0 Å². The number of sulfone groups is 1. The molecule has 6 heteroatoms. The number of hydrogen-bond acceptors (Lipinski definition) is 4. The van der Waals surface area contributed by atoms with Crippen LogP contribution >= 0.6 is 0 Å². The van der Waals surface area contributed by atoms with E-state index in [9.17, 15) is 13.2 Å². The molecule has 5 nitrogen and oxygen atoms in total. The molecule has 2 aromatic rings. The third-order valence-corrected chi connectivity index (χ3v) is 7.16. The second-order valence-corrected chi connectivity index (χ2v) is 9.91. The molecule has 3 rings (SSSR count). The zero-order chi connectivity index (χ0) is 20.7. The van der Waals surface area contributed by atoms with Crippen molar-refractivity contribution in [1.82, 2.24) is 4.90 Å². The third-order valence-electron chi connectivity index (χ3n) is 5.41. The summed E-state index contributed by atoms with van der Waals surface area (Å²) in [6.07, 6.45) is 2.58. The molecular formula is C23H30N2O3S. The molecule has 1 amide bonds. The first-order chi connectivity index (χ1) is 14.0. The molecule has 156 valence electrons. The minimum Gasteiger partial charge on any atom is -0.307 e. The molecule has 0 bridgehead atoms. The van der Waals surface area contributed by atoms with E-state index in [1.54, 1.807) is 4.90 Å². The molecule has 0 spiro atoms. The van der Waals surface area contributed by atoms with E-state index in [0.717, 1.165) is 30.6 Å². The minimum atomic E-state index is -2.99. The molecule has 1 unspecified atom stereocenters. The first kappa shape index (κ1) is 21.5. The Labute approximate surface area is 174 Å². The smallest absolute Gasteiger partial charge is 0.241 e. The summed E-state index contributed by atoms with van der Waals surface area (Å²) in [6, 6.07) is 19.6. The second kappa shape index (κ2) is 10.0. The summed E-state index contributed by atoms with van der Waals surface area (Å²) in [4.78, 5) is 17.3. The van der Waals surface area contributed by atoms with E-state index in [2.05, 4.69) is 11.8 Å². The van der Waals surface area contributed by atoms with Gasteiger partial charge in [0.05, 0.1) is 24.6 Å². The Hall–Kier alpha value is -2.18. The van der Waals surface area contributed by atoms with Gasteiger partial charge in [0.1, 0.15) is 0 Å². The number of rotatable bonds is 9. The number of anilines is 1. The van der Waals surface area contributed by atoms with Crippen LogP contribution in [0, 0.1) is 0 Å². The summed E-state index contributed by atoms with van der Waals surface area (Å²) in [5.41, 5.74) is 1.92. The minimum absolute atomic E-state index is 0.000420. The maximum atomic E-state index is 13.4. The van der Waals surface area contributed by atoms with Gasteiger partial charge in [0.2, 0.25) is 5.91 Å². The lowest BCUT2D eigenvalue weighted by Gasteiger charge is -2.31. The molecule has 1 aliphatic heterocycles. The summed E-state index contributed by atoms with van der Waals surface area (Å²) in [5, 5.41) is 0. The Balaban J connectivity index is 1.79. The van der Waals surface area contributed by atoms with Gasteiger partial charge in [-0.1, -0.05) is 61.9 Å². The summed E-state index contributed by atoms with van der Waals surface area (Å²) in [6.45, 7) is 3.59. The summed E-state index contributed by atoms with van der Waals surface area (Å²) in [7, 11) is -2.99. The van der Waals surface area contributed by atoms with Crippen LogP contribution in [0.4, 0.5) is 5.69 Å². The lowest BCUT2D eigenvalue weighted by atomic mass is 10.1. The number of unbranched alkanes of at least 4 members (excludes halogenated alkanes) is 1. The van der Waals surface area contributed by atoms with Crippen molar-refractivity contribution in [3.8, 4) is 0 Å². The Bertz CT molecular complexity index is 885. The molecule has 0 radical (unpaired) electrons. The maximum Gasteiger partial charge on any atom is 0.241 e. The van der Waals surface area contributed by atoms with E-state index in [0.29, 0.717) is 13.0 Å². The number of carbonyl (C=O) groups is 1. The standard InChI is InChI=1S/C23H30N2O3S/c1-2-3-15-24(22-14-16-29(27,28)19-22)18-23(26)25(21-12-8-5-9-13-21)17-20-10-6-4-7-11-20/h4-13,22H,2-3,14-19H2,1H3. The van der Waals surface area contributed by atoms with Gasteiger partial charge in [0, 0.05) is 11.7 Å². The average Bonchev–Trinajstić information content (AvgIpc) is 3.10. The normalized spacial score (nSPS) is 18.1. The number of para-hydroxylation sites is 1. The molecule has 1 heterocycles. The fourth-order valence-electron chi connectivity index (χ4n) is 3.77. The molecule has 1 saturated heterocycles. The van der Waals surface area contributed by atoms with Crippen LogP contribution in [0.5, 0.6) is 0 Å². The first-order valence-electron chi connectivity index (χ1n) is 10.3. The van der Waals surface area contributed by atoms with Crippen LogP contribution in [0.2, 0.25) is 0 Å². The predicted molar refractivity (Wildman–Crippen MR) is 118 cm³/mol. The molecule has 1 atom stereocenters. The molecule has 1 aliphatic rings. The first-order valence-corrected chi connectivity index (χ1v) is 12.1. The van der Waals surface area contributed by atoms with E-state index in [4.69, 9.17) is 0 Å². The largest absolute Gasteiger partial charge is 0.307 e. The highest BCUT2D eigenvalue weighted by Crippen LogP contribution is 2.21. The Kier molecular flexibility index (Phi) is 7.45. The van der Waals surface area contributed by atoms with Crippen molar-refractivity contribution in [3.63, 3.8) is 0 Å². The summed E-state index contributed by atoms with van der Waals surface area (Å²) in [5.74, 6) is 0.384. The topological polar surface area (TPSA) is 57.7 Å². The van der Waals surface area contributed by atoms with Crippen molar-refractivity contribution >= 4 is 21.4 Å². The Morgan fingerprint density at radius 3 is 2.28 bits per heavy atom. The Morgan fingerprint density at radius 1 is 1.03 bits per heavy atom. The molecular weight excluding hydrogens is 384 g/mol. The summed E-state index contributed by atoms with van der Waals surface area (Å²) < 4.78 is 24.0. The number of nitrogens with zero attached hydrogens (tertiary/aromatic N) is 2. The van der Waals surface area contributed by atoms with Crippen molar-refractivity contribution < 1.29 is 13.2 Å². The van der Waals surface area contributed by atoms with Gasteiger partial charge in [-0.05, 0) is 37.1 Å². The van der Waals surface area contributed by atoms with E-state index < -0.39 is 9.84 Å². The third kappa shape index (κ3) is 6.15. The SMILES string of the molecule is CCCCN(CC(=O)N(Cc1ccccc1)c1ccccc1)C1CCS(=O)(=O)C1. The zero-order valence-corrected chi connectivity index (χ0v) is 17.9. The number of carbonyl (C=O) groups excluding carboxylic acids is 1. The molecule has 0 aromatic heterocycles. The van der Waals surface area contributed by atoms with Crippen LogP contribution in [-0.4, -0.2) is 49.9 Å². The van der Waals surface area contributed by atoms with Crippen LogP contribution in [0.1, 0.15) is 31.7 Å². The van der Waals surface area contributed by atoms with Crippen molar-refractivity contribution in [1.29, 1.82) is 0 Å². The van der Waals surface area contributed by atoms with Crippen molar-refractivity contribution in [2.45, 2.75) is 38.8 Å². The van der Waals surface area contributed by atoms with Gasteiger partial charge in [0.25, 0.3) is 0 Å². The lowest BCUT2D eigenvalue weighted by Crippen LogP contribution is -2.45. The van der Waals surface area contributed by atoms with Gasteiger partial charge >= 0.3 is 0 Å². The quantitative estimate of drug-likeness (QED) is 0.630. The molecule has 0 N–H and O–H groups in total. The molecule has 29 heavy (non-hydrogen) atoms. The van der Waals surface area contributed by atoms with Crippen LogP contribution in [-0.2, 0) is 21.2 Å². The average molecular weight is 415 g/mol. The molecule has 1 fully saturated rings. The van der Waals surface area contributed by atoms with Crippen molar-refractivity contribution in [3.05, 3.63) is 66.2 Å². The van der Waals surface area contributed by atoms with Gasteiger partial charge in [0.15, 0.2) is 9.84 Å². The maximum absolute atomic E-state index is 13.4. The van der Waals surface area contributed by atoms with Gasteiger partial charge < -0.3 is 4.90 Å². The van der Waals surface area contributed by atoms with Crippen LogP contribution in [0.3, 0.4) is 0 Å². The van der Waals surface area contributed by atoms with E-state index in [-0.39, 0.29) is 30.0 Å². The van der Waals surface area contributed by atoms with Crippen LogP contribution in [0.25, 0.3) is 0 Å². The fraction of sp³-hybridized carbons (Fsp3) is 0.435. The molecule has 0 aliphatic carbocycles. The van der Waals surface area contributed by atoms with E-state index in [1.165, 1.54) is 0 Å². The van der Waals surface area contributed by atoms with Crippen LogP contribution in [0.15, 0.2) is 60.7 Å². The monoisotopic (exact) mass is 414 g/mol. The number of benzene rings is 2. The molecule has 0 saturated carbocycles. The zero-order valence-electron chi connectivity index (χ0n) is 17.0. The lowest BCUT2D eigenvalue weighted by molar-refractivity contribution is -0.120.